The van der Waals surface area contributed by atoms with Crippen molar-refractivity contribution in [3.8, 4) is 44.8 Å². The highest BCUT2D eigenvalue weighted by molar-refractivity contribution is 6.14. The first-order valence-corrected chi connectivity index (χ1v) is 23.3. The van der Waals surface area contributed by atoms with Crippen molar-refractivity contribution in [3.63, 3.8) is 0 Å². The first-order valence-electron chi connectivity index (χ1n) is 23.3. The molecule has 2 aromatic heterocycles. The summed E-state index contributed by atoms with van der Waals surface area (Å²) in [6, 6.07) is 94.4. The van der Waals surface area contributed by atoms with Crippen LogP contribution in [0.5, 0.6) is 0 Å². The van der Waals surface area contributed by atoms with E-state index in [1.165, 1.54) is 116 Å². The van der Waals surface area contributed by atoms with Crippen LogP contribution in [0.4, 0.5) is 0 Å². The number of fused-ring (bicyclic) bond motifs is 10. The van der Waals surface area contributed by atoms with Gasteiger partial charge in [-0.1, -0.05) is 194 Å². The highest BCUT2D eigenvalue weighted by atomic mass is 15.0. The van der Waals surface area contributed by atoms with Crippen LogP contribution >= 0.6 is 0 Å². The Morgan fingerprint density at radius 3 is 1.52 bits per heavy atom. The van der Waals surface area contributed by atoms with Crippen LogP contribution in [0.2, 0.25) is 0 Å². The van der Waals surface area contributed by atoms with E-state index in [1.54, 1.807) is 0 Å². The van der Waals surface area contributed by atoms with Crippen molar-refractivity contribution in [2.75, 3.05) is 0 Å². The van der Waals surface area contributed by atoms with E-state index in [-0.39, 0.29) is 0 Å². The second-order valence-electron chi connectivity index (χ2n) is 18.0. The monoisotopic (exact) mass is 850 g/mol. The average molecular weight is 851 g/mol. The highest BCUT2D eigenvalue weighted by Gasteiger charge is 2.46. The van der Waals surface area contributed by atoms with E-state index in [1.807, 2.05) is 0 Å². The largest absolute Gasteiger partial charge is 0.309 e. The summed E-state index contributed by atoms with van der Waals surface area (Å²) in [6.45, 7) is 0. The predicted octanol–water partition coefficient (Wildman–Crippen LogP) is 16.7. The summed E-state index contributed by atoms with van der Waals surface area (Å²) in [5.41, 5.74) is 19.1. The second kappa shape index (κ2) is 14.7. The van der Waals surface area contributed by atoms with Gasteiger partial charge in [0.15, 0.2) is 0 Å². The molecule has 0 atom stereocenters. The molecule has 1 aliphatic rings. The minimum atomic E-state index is -0.505. The minimum Gasteiger partial charge on any atom is -0.309 e. The molecule has 0 saturated heterocycles. The Hall–Kier alpha value is -8.72. The standard InChI is InChI=1S/C65H42N2/c1-4-17-43(18-5-1)44-31-35-50(36-32-44)66-62-37-33-47(46-34-38-63-55(39-46)53-27-13-15-29-61(53)67(63)60-30-16-20-45-19-10-11-25-51(45)60)40-56(62)57-41-59-54(42-64(57)66)52-26-12-14-28-58(52)65(59,48-21-6-2-7-22-48)49-23-8-3-9-24-49/h1-42H. The van der Waals surface area contributed by atoms with Gasteiger partial charge in [0.2, 0.25) is 0 Å². The number of hydrogen-bond donors (Lipinski definition) is 0. The topological polar surface area (TPSA) is 9.86 Å². The summed E-state index contributed by atoms with van der Waals surface area (Å²) >= 11 is 0. The van der Waals surface area contributed by atoms with Crippen molar-refractivity contribution in [1.29, 1.82) is 0 Å². The molecule has 2 heteroatoms. The molecule has 0 amide bonds. The van der Waals surface area contributed by atoms with Gasteiger partial charge in [0.05, 0.1) is 33.2 Å². The van der Waals surface area contributed by atoms with E-state index in [0.29, 0.717) is 0 Å². The van der Waals surface area contributed by atoms with E-state index in [2.05, 4.69) is 264 Å². The predicted molar refractivity (Wildman–Crippen MR) is 281 cm³/mol. The van der Waals surface area contributed by atoms with Crippen molar-refractivity contribution in [3.05, 3.63) is 277 Å². The maximum absolute atomic E-state index is 2.53. The summed E-state index contributed by atoms with van der Waals surface area (Å²) < 4.78 is 4.93. The van der Waals surface area contributed by atoms with Gasteiger partial charge in [-0.05, 0) is 122 Å². The molecule has 1 aliphatic carbocycles. The molecule has 0 N–H and O–H groups in total. The summed E-state index contributed by atoms with van der Waals surface area (Å²) in [7, 11) is 0. The summed E-state index contributed by atoms with van der Waals surface area (Å²) in [5, 5.41) is 7.44. The van der Waals surface area contributed by atoms with Crippen LogP contribution in [-0.4, -0.2) is 9.13 Å². The van der Waals surface area contributed by atoms with Gasteiger partial charge in [-0.15, -0.1) is 0 Å². The van der Waals surface area contributed by atoms with Gasteiger partial charge in [0, 0.05) is 32.6 Å². The number of nitrogens with zero attached hydrogens (tertiary/aromatic N) is 2. The van der Waals surface area contributed by atoms with E-state index in [9.17, 15) is 0 Å². The maximum atomic E-state index is 2.53. The van der Waals surface area contributed by atoms with Crippen molar-refractivity contribution in [2.45, 2.75) is 5.41 Å². The number of para-hydroxylation sites is 1. The molecule has 2 nitrogen and oxygen atoms in total. The van der Waals surface area contributed by atoms with Crippen LogP contribution in [-0.2, 0) is 5.41 Å². The number of rotatable bonds is 6. The Bertz CT molecular complexity index is 4020. The van der Waals surface area contributed by atoms with E-state index in [4.69, 9.17) is 0 Å². The lowest BCUT2D eigenvalue weighted by molar-refractivity contribution is 0.769. The average Bonchev–Trinajstić information content (AvgIpc) is 4.02. The van der Waals surface area contributed by atoms with Gasteiger partial charge in [-0.3, -0.25) is 0 Å². The van der Waals surface area contributed by atoms with E-state index >= 15 is 0 Å². The Morgan fingerprint density at radius 2 is 0.791 bits per heavy atom. The third-order valence-electron chi connectivity index (χ3n) is 14.6. The van der Waals surface area contributed by atoms with Gasteiger partial charge >= 0.3 is 0 Å². The molecule has 11 aromatic carbocycles. The normalized spacial score (nSPS) is 12.9. The van der Waals surface area contributed by atoms with Gasteiger partial charge < -0.3 is 9.13 Å². The Balaban J connectivity index is 1.03. The fraction of sp³-hybridized carbons (Fsp3) is 0.0154. The van der Waals surface area contributed by atoms with Crippen molar-refractivity contribution < 1.29 is 0 Å². The Kier molecular flexibility index (Phi) is 8.23. The molecule has 0 aliphatic heterocycles. The zero-order valence-corrected chi connectivity index (χ0v) is 36.6. The molecule has 67 heavy (non-hydrogen) atoms. The summed E-state index contributed by atoms with van der Waals surface area (Å²) in [5.74, 6) is 0. The lowest BCUT2D eigenvalue weighted by atomic mass is 9.67. The first-order chi connectivity index (χ1) is 33.2. The number of aromatic nitrogens is 2. The summed E-state index contributed by atoms with van der Waals surface area (Å²) in [4.78, 5) is 0. The third-order valence-corrected chi connectivity index (χ3v) is 14.6. The van der Waals surface area contributed by atoms with Gasteiger partial charge in [-0.25, -0.2) is 0 Å². The summed E-state index contributed by atoms with van der Waals surface area (Å²) in [6.07, 6.45) is 0. The highest BCUT2D eigenvalue weighted by Crippen LogP contribution is 2.57. The van der Waals surface area contributed by atoms with Gasteiger partial charge in [0.25, 0.3) is 0 Å². The van der Waals surface area contributed by atoms with Crippen molar-refractivity contribution in [1.82, 2.24) is 9.13 Å². The molecular formula is C65H42N2. The van der Waals surface area contributed by atoms with E-state index < -0.39 is 5.41 Å². The molecular weight excluding hydrogens is 809 g/mol. The lowest BCUT2D eigenvalue weighted by Crippen LogP contribution is -2.28. The molecule has 0 saturated carbocycles. The van der Waals surface area contributed by atoms with Crippen LogP contribution in [0.1, 0.15) is 22.3 Å². The van der Waals surface area contributed by atoms with Gasteiger partial charge in [-0.2, -0.15) is 0 Å². The van der Waals surface area contributed by atoms with Crippen LogP contribution in [0, 0.1) is 0 Å². The van der Waals surface area contributed by atoms with Crippen molar-refractivity contribution >= 4 is 54.4 Å². The maximum Gasteiger partial charge on any atom is 0.0713 e. The molecule has 0 spiro atoms. The Morgan fingerprint density at radius 1 is 0.269 bits per heavy atom. The lowest BCUT2D eigenvalue weighted by Gasteiger charge is -2.34. The van der Waals surface area contributed by atoms with Crippen LogP contribution in [0.15, 0.2) is 255 Å². The SMILES string of the molecule is c1ccc(-c2ccc(-n3c4ccc(-c5ccc6c(c5)c5ccccc5n6-c5cccc6ccccc56)cc4c4cc5c(cc43)-c3ccccc3C5(c3ccccc3)c3ccccc3)cc2)cc1. The zero-order chi connectivity index (χ0) is 44.1. The fourth-order valence-corrected chi connectivity index (χ4v) is 11.7. The third kappa shape index (κ3) is 5.51. The Labute approximate surface area is 388 Å². The molecule has 0 bridgehead atoms. The smallest absolute Gasteiger partial charge is 0.0713 e. The first kappa shape index (κ1) is 37.6. The molecule has 14 rings (SSSR count). The number of hydrogen-bond acceptors (Lipinski definition) is 0. The van der Waals surface area contributed by atoms with Crippen LogP contribution in [0.3, 0.4) is 0 Å². The van der Waals surface area contributed by atoms with Crippen molar-refractivity contribution in [2.24, 2.45) is 0 Å². The fourth-order valence-electron chi connectivity index (χ4n) is 11.7. The molecule has 312 valence electrons. The minimum absolute atomic E-state index is 0.505. The molecule has 0 unspecified atom stereocenters. The second-order valence-corrected chi connectivity index (χ2v) is 18.0. The number of benzene rings is 11. The van der Waals surface area contributed by atoms with Crippen LogP contribution in [0.25, 0.3) is 99.1 Å². The molecule has 0 fully saturated rings. The quantitative estimate of drug-likeness (QED) is 0.158. The molecule has 0 radical (unpaired) electrons. The zero-order valence-electron chi connectivity index (χ0n) is 36.6. The van der Waals surface area contributed by atoms with E-state index in [0.717, 1.165) is 5.69 Å². The van der Waals surface area contributed by atoms with Crippen LogP contribution < -0.4 is 0 Å². The van der Waals surface area contributed by atoms with Gasteiger partial charge in [0.1, 0.15) is 0 Å². The molecule has 2 heterocycles. The molecule has 13 aromatic rings.